The second-order valence-electron chi connectivity index (χ2n) is 9.52. The predicted octanol–water partition coefficient (Wildman–Crippen LogP) is 2.21. The fraction of sp³-hybridized carbons (Fsp3) is 0.440. The van der Waals surface area contributed by atoms with Crippen LogP contribution in [-0.2, 0) is 20.4 Å². The summed E-state index contributed by atoms with van der Waals surface area (Å²) in [5, 5.41) is -0.170. The summed E-state index contributed by atoms with van der Waals surface area (Å²) in [5.74, 6) is 0.0277. The normalized spacial score (nSPS) is 19.9. The number of benzene rings is 2. The molecule has 1 aliphatic heterocycles. The summed E-state index contributed by atoms with van der Waals surface area (Å²) in [6.45, 7) is 2.02. The third kappa shape index (κ3) is 4.68. The maximum absolute atomic E-state index is 12.9. The van der Waals surface area contributed by atoms with Crippen LogP contribution in [0.25, 0.3) is 11.1 Å². The molecule has 0 unspecified atom stereocenters. The van der Waals surface area contributed by atoms with E-state index >= 15 is 0 Å². The molecule has 0 radical (unpaired) electrons. The van der Waals surface area contributed by atoms with Crippen LogP contribution in [0.2, 0.25) is 0 Å². The first-order valence-corrected chi connectivity index (χ1v) is 13.3. The van der Waals surface area contributed by atoms with Gasteiger partial charge < -0.3 is 15.5 Å². The number of rotatable bonds is 6. The largest absolute Gasteiger partial charge is 0.338 e. The van der Waals surface area contributed by atoms with Gasteiger partial charge in [-0.25, -0.2) is 8.42 Å². The van der Waals surface area contributed by atoms with Gasteiger partial charge in [0.05, 0.1) is 16.5 Å². The van der Waals surface area contributed by atoms with Gasteiger partial charge >= 0.3 is 0 Å². The van der Waals surface area contributed by atoms with Crippen molar-refractivity contribution in [1.82, 2.24) is 9.80 Å². The highest BCUT2D eigenvalue weighted by molar-refractivity contribution is 7.91. The molecule has 3 fully saturated rings. The summed E-state index contributed by atoms with van der Waals surface area (Å²) in [4.78, 5) is 28.9. The van der Waals surface area contributed by atoms with Crippen molar-refractivity contribution < 1.29 is 18.0 Å². The van der Waals surface area contributed by atoms with Crippen LogP contribution < -0.4 is 5.73 Å². The van der Waals surface area contributed by atoms with Crippen molar-refractivity contribution in [1.29, 1.82) is 0 Å². The van der Waals surface area contributed by atoms with Crippen molar-refractivity contribution in [3.8, 4) is 11.1 Å². The number of nitrogens with two attached hydrogens (primary N) is 1. The van der Waals surface area contributed by atoms with Crippen molar-refractivity contribution in [2.75, 3.05) is 26.2 Å². The summed E-state index contributed by atoms with van der Waals surface area (Å²) >= 11 is 0. The highest BCUT2D eigenvalue weighted by atomic mass is 32.2. The Morgan fingerprint density at radius 2 is 1.55 bits per heavy atom. The number of hydrogen-bond donors (Lipinski definition) is 1. The Bertz CT molecular complexity index is 1180. The van der Waals surface area contributed by atoms with Crippen LogP contribution >= 0.6 is 0 Å². The average molecular weight is 468 g/mol. The Morgan fingerprint density at radius 1 is 0.909 bits per heavy atom. The van der Waals surface area contributed by atoms with Crippen LogP contribution in [0.5, 0.6) is 0 Å². The quantitative estimate of drug-likeness (QED) is 0.702. The number of piperazine rings is 1. The van der Waals surface area contributed by atoms with Gasteiger partial charge in [0.15, 0.2) is 9.84 Å². The summed E-state index contributed by atoms with van der Waals surface area (Å²) in [6, 6.07) is 15.0. The van der Waals surface area contributed by atoms with Crippen LogP contribution in [0, 0.1) is 0 Å². The smallest absolute Gasteiger partial charge is 0.253 e. The van der Waals surface area contributed by atoms with E-state index in [-0.39, 0.29) is 22.8 Å². The minimum absolute atomic E-state index is 0.00566. The van der Waals surface area contributed by atoms with Gasteiger partial charge in [0, 0.05) is 31.7 Å². The summed E-state index contributed by atoms with van der Waals surface area (Å²) in [6.07, 6.45) is 3.04. The Morgan fingerprint density at radius 3 is 2.15 bits per heavy atom. The van der Waals surface area contributed by atoms with Crippen LogP contribution in [0.3, 0.4) is 0 Å². The zero-order valence-electron chi connectivity index (χ0n) is 18.6. The van der Waals surface area contributed by atoms with Gasteiger partial charge in [-0.05, 0) is 54.5 Å². The third-order valence-electron chi connectivity index (χ3n) is 6.86. The monoisotopic (exact) mass is 467 g/mol. The van der Waals surface area contributed by atoms with Gasteiger partial charge in [-0.3, -0.25) is 9.59 Å². The van der Waals surface area contributed by atoms with Crippen LogP contribution in [0.15, 0.2) is 48.5 Å². The number of amides is 2. The first-order chi connectivity index (χ1) is 15.7. The Balaban J connectivity index is 1.22. The molecule has 5 rings (SSSR count). The van der Waals surface area contributed by atoms with Gasteiger partial charge in [-0.15, -0.1) is 0 Å². The highest BCUT2D eigenvalue weighted by Gasteiger charge is 2.48. The van der Waals surface area contributed by atoms with Crippen molar-refractivity contribution in [2.45, 2.75) is 42.2 Å². The molecule has 0 bridgehead atoms. The standard InChI is InChI=1S/C25H29N3O4S/c26-25(10-11-25)24(30)28-14-12-27(13-15-28)23(29)20-6-4-19(5-7-20)21-3-1-2-18(16-21)17-33(31,32)22-8-9-22/h1-7,16,22H,8-15,17,26H2. The fourth-order valence-corrected chi connectivity index (χ4v) is 6.12. The molecule has 2 N–H and O–H groups in total. The number of hydrogen-bond acceptors (Lipinski definition) is 5. The highest BCUT2D eigenvalue weighted by Crippen LogP contribution is 2.34. The van der Waals surface area contributed by atoms with E-state index in [1.807, 2.05) is 48.5 Å². The van der Waals surface area contributed by atoms with Crippen molar-refractivity contribution >= 4 is 21.7 Å². The maximum Gasteiger partial charge on any atom is 0.253 e. The van der Waals surface area contributed by atoms with Crippen LogP contribution in [0.1, 0.15) is 41.6 Å². The van der Waals surface area contributed by atoms with Crippen molar-refractivity contribution in [2.24, 2.45) is 5.73 Å². The number of nitrogens with zero attached hydrogens (tertiary/aromatic N) is 2. The first-order valence-electron chi connectivity index (χ1n) is 11.5. The molecule has 2 amide bonds. The van der Waals surface area contributed by atoms with E-state index in [1.54, 1.807) is 9.80 Å². The molecular formula is C25H29N3O4S. The molecule has 1 heterocycles. The Labute approximate surface area is 194 Å². The third-order valence-corrected chi connectivity index (χ3v) is 9.08. The molecule has 2 aromatic rings. The van der Waals surface area contributed by atoms with E-state index < -0.39 is 15.4 Å². The number of carbonyl (C=O) groups excluding carboxylic acids is 2. The molecule has 2 aromatic carbocycles. The topological polar surface area (TPSA) is 101 Å². The molecule has 0 aromatic heterocycles. The van der Waals surface area contributed by atoms with E-state index in [1.165, 1.54) is 0 Å². The van der Waals surface area contributed by atoms with Crippen molar-refractivity contribution in [3.63, 3.8) is 0 Å². The van der Waals surface area contributed by atoms with E-state index in [0.717, 1.165) is 42.4 Å². The number of sulfone groups is 1. The van der Waals surface area contributed by atoms with E-state index in [0.29, 0.717) is 31.7 Å². The molecule has 7 nitrogen and oxygen atoms in total. The van der Waals surface area contributed by atoms with E-state index in [4.69, 9.17) is 5.73 Å². The molecule has 2 aliphatic carbocycles. The SMILES string of the molecule is NC1(C(=O)N2CCN(C(=O)c3ccc(-c4cccc(CS(=O)(=O)C5CC5)c4)cc3)CC2)CC1. The lowest BCUT2D eigenvalue weighted by Crippen LogP contribution is -2.55. The number of carbonyl (C=O) groups is 2. The Kier molecular flexibility index (Phi) is 5.53. The molecular weight excluding hydrogens is 438 g/mol. The van der Waals surface area contributed by atoms with Gasteiger partial charge in [0.2, 0.25) is 5.91 Å². The van der Waals surface area contributed by atoms with Crippen LogP contribution in [-0.4, -0.2) is 67.0 Å². The lowest BCUT2D eigenvalue weighted by Gasteiger charge is -2.36. The Hall–Kier alpha value is -2.71. The molecule has 0 atom stereocenters. The minimum Gasteiger partial charge on any atom is -0.338 e. The molecule has 8 heteroatoms. The minimum atomic E-state index is -3.07. The van der Waals surface area contributed by atoms with Gasteiger partial charge in [-0.2, -0.15) is 0 Å². The molecule has 3 aliphatic rings. The van der Waals surface area contributed by atoms with E-state index in [2.05, 4.69) is 0 Å². The second-order valence-corrected chi connectivity index (χ2v) is 11.8. The molecule has 33 heavy (non-hydrogen) atoms. The predicted molar refractivity (Wildman–Crippen MR) is 126 cm³/mol. The zero-order chi connectivity index (χ0) is 23.2. The summed E-state index contributed by atoms with van der Waals surface area (Å²) < 4.78 is 24.6. The van der Waals surface area contributed by atoms with Gasteiger partial charge in [0.25, 0.3) is 5.91 Å². The lowest BCUT2D eigenvalue weighted by atomic mass is 10.0. The molecule has 2 saturated carbocycles. The lowest BCUT2D eigenvalue weighted by molar-refractivity contribution is -0.135. The van der Waals surface area contributed by atoms with Gasteiger partial charge in [-0.1, -0.05) is 36.4 Å². The van der Waals surface area contributed by atoms with E-state index in [9.17, 15) is 18.0 Å². The summed E-state index contributed by atoms with van der Waals surface area (Å²) in [5.41, 5.74) is 8.61. The molecule has 174 valence electrons. The fourth-order valence-electron chi connectivity index (χ4n) is 4.38. The van der Waals surface area contributed by atoms with Crippen LogP contribution in [0.4, 0.5) is 0 Å². The molecule has 0 spiro atoms. The maximum atomic E-state index is 12.9. The zero-order valence-corrected chi connectivity index (χ0v) is 19.4. The van der Waals surface area contributed by atoms with Crippen molar-refractivity contribution in [3.05, 3.63) is 59.7 Å². The summed E-state index contributed by atoms with van der Waals surface area (Å²) in [7, 11) is -3.07. The second kappa shape index (κ2) is 8.25. The molecule has 1 saturated heterocycles. The average Bonchev–Trinajstić information content (AvgIpc) is 3.75. The first kappa shape index (κ1) is 22.1. The van der Waals surface area contributed by atoms with Gasteiger partial charge in [0.1, 0.15) is 0 Å².